The van der Waals surface area contributed by atoms with Crippen molar-refractivity contribution in [3.63, 3.8) is 0 Å². The lowest BCUT2D eigenvalue weighted by molar-refractivity contribution is 0.669. The second-order valence-electron chi connectivity index (χ2n) is 27.5. The third-order valence-electron chi connectivity index (χ3n) is 22.2. The van der Waals surface area contributed by atoms with Gasteiger partial charge in [-0.05, 0) is 156 Å². The van der Waals surface area contributed by atoms with E-state index in [2.05, 4.69) is 373 Å². The molecular weight excluding hydrogens is 1250 g/mol. The van der Waals surface area contributed by atoms with Crippen LogP contribution in [-0.4, -0.2) is 27.4 Å². The van der Waals surface area contributed by atoms with E-state index in [1.165, 1.54) is 64.6 Å². The highest BCUT2D eigenvalue weighted by atomic mass is 16.3. The van der Waals surface area contributed by atoms with Gasteiger partial charge in [0.05, 0.1) is 88.9 Å². The van der Waals surface area contributed by atoms with Gasteiger partial charge in [-0.25, -0.2) is 0 Å². The molecule has 23 aromatic rings. The Kier molecular flexibility index (Phi) is 11.6. The topological polar surface area (TPSA) is 42.7 Å². The summed E-state index contributed by atoms with van der Waals surface area (Å²) in [6.07, 6.45) is 0. The summed E-state index contributed by atoms with van der Waals surface area (Å²) in [7, 11) is 0. The average Bonchev–Trinajstić information content (AvgIpc) is 1.60. The van der Waals surface area contributed by atoms with Crippen LogP contribution in [-0.2, 0) is 0 Å². The van der Waals surface area contributed by atoms with Gasteiger partial charge >= 0.3 is 0 Å². The molecule has 16 aromatic carbocycles. The van der Waals surface area contributed by atoms with Gasteiger partial charge in [-0.15, -0.1) is 0 Å². The van der Waals surface area contributed by atoms with E-state index < -0.39 is 0 Å². The van der Waals surface area contributed by atoms with E-state index in [1.54, 1.807) is 0 Å². The number of aromatic nitrogens is 6. The van der Waals surface area contributed by atoms with Crippen LogP contribution in [0.25, 0.3) is 209 Å². The summed E-state index contributed by atoms with van der Waals surface area (Å²) in [5.41, 5.74) is 26.4. The Morgan fingerprint density at radius 2 is 0.379 bits per heavy atom. The lowest BCUT2D eigenvalue weighted by atomic mass is 10.0. The number of nitrogens with zero attached hydrogens (tertiary/aromatic N) is 6. The minimum absolute atomic E-state index is 0.878. The minimum atomic E-state index is 0.878. The Balaban J connectivity index is 0.759. The molecule has 0 amide bonds. The van der Waals surface area contributed by atoms with Crippen molar-refractivity contribution in [2.75, 3.05) is 0 Å². The second kappa shape index (κ2) is 21.3. The standard InChI is InChI=1S/C96H58N6O/c1-12-34-79-65(23-1)66-24-2-13-35-80(66)97(79)63-51-62(61-47-50-96-78(55-61)75-33-11-22-44-95(75)103-96)52-64(56-63)98-81-36-14-9-31-73(81)76-53-59(45-48-89(76)98)60-46-49-90-77(54-60)74-32-10-21-43-88(74)102(90)94-58-92(100-84-39-17-5-27-69(84)70-28-6-18-40-85(70)100)91(99-82-37-15-3-25-67(82)68-26-4-16-38-83(68)99)57-93(94)101-86-41-19-7-29-71(86)72-30-8-20-42-87(72)101/h1-58H. The Hall–Kier alpha value is -13.9. The van der Waals surface area contributed by atoms with Crippen LogP contribution in [0, 0.1) is 0 Å². The van der Waals surface area contributed by atoms with E-state index in [-0.39, 0.29) is 0 Å². The van der Waals surface area contributed by atoms with Crippen molar-refractivity contribution in [1.29, 1.82) is 0 Å². The SMILES string of the molecule is c1ccc2c(c1)oc1ccc(-c3cc(-n4c5ccccc5c5ccccc54)cc(-n4c5ccccc5c5cc(-c6ccc7c(c6)c6ccccc6n7-c6cc(-n7c8ccccc8c8ccccc87)c(-n7c8ccccc8c8ccccc87)cc6-n6c7ccccc7c7ccccc76)ccc54)c3)cc12. The predicted molar refractivity (Wildman–Crippen MR) is 431 cm³/mol. The Labute approximate surface area is 589 Å². The van der Waals surface area contributed by atoms with E-state index in [4.69, 9.17) is 4.42 Å². The molecule has 0 saturated heterocycles. The first kappa shape index (κ1) is 56.0. The minimum Gasteiger partial charge on any atom is -0.456 e. The highest BCUT2D eigenvalue weighted by molar-refractivity contribution is 6.17. The molecule has 0 radical (unpaired) electrons. The van der Waals surface area contributed by atoms with Gasteiger partial charge in [0, 0.05) is 86.8 Å². The molecule has 0 fully saturated rings. The molecule has 0 saturated carbocycles. The van der Waals surface area contributed by atoms with E-state index in [9.17, 15) is 0 Å². The summed E-state index contributed by atoms with van der Waals surface area (Å²) in [4.78, 5) is 0. The lowest BCUT2D eigenvalue weighted by Gasteiger charge is -2.23. The molecule has 0 N–H and O–H groups in total. The Bertz CT molecular complexity index is 7370. The first-order chi connectivity index (χ1) is 51.1. The smallest absolute Gasteiger partial charge is 0.135 e. The maximum Gasteiger partial charge on any atom is 0.135 e. The molecule has 0 aliphatic rings. The van der Waals surface area contributed by atoms with Crippen molar-refractivity contribution in [2.24, 2.45) is 0 Å². The van der Waals surface area contributed by atoms with Crippen LogP contribution in [0.4, 0.5) is 0 Å². The number of para-hydroxylation sites is 11. The molecule has 0 aliphatic carbocycles. The zero-order chi connectivity index (χ0) is 67.1. The predicted octanol–water partition coefficient (Wildman–Crippen LogP) is 25.5. The van der Waals surface area contributed by atoms with E-state index in [0.717, 1.165) is 145 Å². The molecule has 0 spiro atoms. The van der Waals surface area contributed by atoms with Crippen molar-refractivity contribution in [3.05, 3.63) is 352 Å². The molecule has 0 bridgehead atoms. The third-order valence-corrected chi connectivity index (χ3v) is 22.2. The average molecular weight is 1310 g/mol. The zero-order valence-electron chi connectivity index (χ0n) is 55.6. The fraction of sp³-hybridized carbons (Fsp3) is 0. The molecule has 7 nitrogen and oxygen atoms in total. The van der Waals surface area contributed by atoms with Crippen molar-refractivity contribution < 1.29 is 4.42 Å². The first-order valence-corrected chi connectivity index (χ1v) is 35.4. The molecule has 0 aliphatic heterocycles. The maximum absolute atomic E-state index is 6.40. The van der Waals surface area contributed by atoms with Crippen LogP contribution in [0.15, 0.2) is 356 Å². The summed E-state index contributed by atoms with van der Waals surface area (Å²) < 4.78 is 21.4. The van der Waals surface area contributed by atoms with Gasteiger partial charge in [-0.3, -0.25) is 0 Å². The molecule has 7 heterocycles. The fourth-order valence-corrected chi connectivity index (χ4v) is 17.8. The van der Waals surface area contributed by atoms with Gasteiger partial charge in [-0.1, -0.05) is 218 Å². The van der Waals surface area contributed by atoms with Crippen LogP contribution in [0.2, 0.25) is 0 Å². The fourth-order valence-electron chi connectivity index (χ4n) is 17.8. The van der Waals surface area contributed by atoms with Crippen LogP contribution >= 0.6 is 0 Å². The van der Waals surface area contributed by atoms with Gasteiger partial charge < -0.3 is 31.8 Å². The van der Waals surface area contributed by atoms with Gasteiger partial charge in [0.25, 0.3) is 0 Å². The first-order valence-electron chi connectivity index (χ1n) is 35.4. The van der Waals surface area contributed by atoms with Crippen LogP contribution < -0.4 is 0 Å². The molecule has 478 valence electrons. The summed E-state index contributed by atoms with van der Waals surface area (Å²) in [6, 6.07) is 130. The van der Waals surface area contributed by atoms with Gasteiger partial charge in [0.15, 0.2) is 0 Å². The molecule has 0 atom stereocenters. The Morgan fingerprint density at radius 1 is 0.146 bits per heavy atom. The van der Waals surface area contributed by atoms with Crippen LogP contribution in [0.3, 0.4) is 0 Å². The second-order valence-corrected chi connectivity index (χ2v) is 27.5. The van der Waals surface area contributed by atoms with E-state index >= 15 is 0 Å². The summed E-state index contributed by atoms with van der Waals surface area (Å²) in [5.74, 6) is 0. The number of benzene rings is 16. The quantitative estimate of drug-likeness (QED) is 0.149. The molecule has 103 heavy (non-hydrogen) atoms. The molecule has 7 aromatic heterocycles. The molecular formula is C96H58N6O. The van der Waals surface area contributed by atoms with Gasteiger partial charge in [0.1, 0.15) is 11.2 Å². The monoisotopic (exact) mass is 1310 g/mol. The highest BCUT2D eigenvalue weighted by Crippen LogP contribution is 2.47. The van der Waals surface area contributed by atoms with Crippen molar-refractivity contribution in [1.82, 2.24) is 27.4 Å². The highest BCUT2D eigenvalue weighted by Gasteiger charge is 2.28. The van der Waals surface area contributed by atoms with E-state index in [0.29, 0.717) is 0 Å². The largest absolute Gasteiger partial charge is 0.456 e. The van der Waals surface area contributed by atoms with Gasteiger partial charge in [-0.2, -0.15) is 0 Å². The van der Waals surface area contributed by atoms with Crippen LogP contribution in [0.5, 0.6) is 0 Å². The summed E-state index contributed by atoms with van der Waals surface area (Å²) in [6.45, 7) is 0. The van der Waals surface area contributed by atoms with Crippen molar-refractivity contribution in [3.8, 4) is 56.4 Å². The number of hydrogen-bond acceptors (Lipinski definition) is 1. The third kappa shape index (κ3) is 7.98. The number of fused-ring (bicyclic) bond motifs is 21. The Morgan fingerprint density at radius 3 is 0.718 bits per heavy atom. The maximum atomic E-state index is 6.40. The molecule has 0 unspecified atom stereocenters. The van der Waals surface area contributed by atoms with Crippen molar-refractivity contribution >= 4 is 153 Å². The summed E-state index contributed by atoms with van der Waals surface area (Å²) >= 11 is 0. The number of hydrogen-bond donors (Lipinski definition) is 0. The zero-order valence-corrected chi connectivity index (χ0v) is 55.6. The molecule has 7 heteroatoms. The van der Waals surface area contributed by atoms with E-state index in [1.807, 2.05) is 6.07 Å². The lowest BCUT2D eigenvalue weighted by Crippen LogP contribution is -2.10. The number of furan rings is 1. The number of rotatable bonds is 8. The normalized spacial score (nSPS) is 12.3. The van der Waals surface area contributed by atoms with Crippen LogP contribution in [0.1, 0.15) is 0 Å². The molecule has 23 rings (SSSR count). The van der Waals surface area contributed by atoms with Gasteiger partial charge in [0.2, 0.25) is 0 Å². The van der Waals surface area contributed by atoms with Crippen molar-refractivity contribution in [2.45, 2.75) is 0 Å². The summed E-state index contributed by atoms with van der Waals surface area (Å²) in [5, 5.41) is 16.6.